The van der Waals surface area contributed by atoms with E-state index in [2.05, 4.69) is 0 Å². The maximum Gasteiger partial charge on any atom is 0.254 e. The van der Waals surface area contributed by atoms with E-state index in [1.165, 1.54) is 24.7 Å². The minimum atomic E-state index is -0.0436. The first-order valence-corrected chi connectivity index (χ1v) is 7.42. The summed E-state index contributed by atoms with van der Waals surface area (Å²) in [6, 6.07) is 1.67. The van der Waals surface area contributed by atoms with Gasteiger partial charge in [-0.1, -0.05) is 0 Å². The van der Waals surface area contributed by atoms with Crippen molar-refractivity contribution in [3.63, 3.8) is 0 Å². The molecule has 1 aromatic rings. The van der Waals surface area contributed by atoms with Crippen molar-refractivity contribution >= 4 is 23.0 Å². The summed E-state index contributed by atoms with van der Waals surface area (Å²) in [5.74, 6) is -0.0414. The molecule has 0 unspecified atom stereocenters. The molecule has 1 atom stereocenters. The smallest absolute Gasteiger partial charge is 0.254 e. The van der Waals surface area contributed by atoms with Gasteiger partial charge in [0.05, 0.1) is 16.5 Å². The maximum absolute atomic E-state index is 12.2. The van der Waals surface area contributed by atoms with E-state index >= 15 is 0 Å². The number of hydrogen-bond donors (Lipinski definition) is 0. The molecule has 104 valence electrons. The largest absolute Gasteiger partial charge is 0.376 e. The number of nitrogens with zero attached hydrogens (tertiary/aromatic N) is 1. The molecule has 19 heavy (non-hydrogen) atoms. The number of thiophene rings is 1. The molecule has 2 heterocycles. The van der Waals surface area contributed by atoms with E-state index in [9.17, 15) is 9.59 Å². The van der Waals surface area contributed by atoms with Crippen LogP contribution in [0.4, 0.5) is 0 Å². The normalized spacial score (nSPS) is 19.2. The molecule has 1 aromatic heterocycles. The molecule has 1 amide bonds. The van der Waals surface area contributed by atoms with Gasteiger partial charge in [-0.2, -0.15) is 0 Å². The van der Waals surface area contributed by atoms with Gasteiger partial charge in [-0.3, -0.25) is 9.59 Å². The molecule has 1 aliphatic rings. The van der Waals surface area contributed by atoms with E-state index in [0.29, 0.717) is 17.0 Å². The van der Waals surface area contributed by atoms with Crippen molar-refractivity contribution in [3.05, 3.63) is 21.9 Å². The second-order valence-corrected chi connectivity index (χ2v) is 5.84. The summed E-state index contributed by atoms with van der Waals surface area (Å²) < 4.78 is 5.63. The van der Waals surface area contributed by atoms with Gasteiger partial charge in [0.1, 0.15) is 0 Å². The van der Waals surface area contributed by atoms with Gasteiger partial charge in [0, 0.05) is 25.6 Å². The Hall–Kier alpha value is -1.20. The van der Waals surface area contributed by atoms with Crippen LogP contribution in [0, 0.1) is 0 Å². The van der Waals surface area contributed by atoms with Crippen molar-refractivity contribution < 1.29 is 14.3 Å². The van der Waals surface area contributed by atoms with Crippen LogP contribution in [-0.2, 0) is 4.74 Å². The van der Waals surface area contributed by atoms with Crippen molar-refractivity contribution in [2.45, 2.75) is 32.3 Å². The summed E-state index contributed by atoms with van der Waals surface area (Å²) >= 11 is 1.32. The SMILES string of the molecule is CC(=O)c1cc(C(=O)N(C)C[C@@H]2CCCCO2)cs1. The molecule has 0 aliphatic carbocycles. The Labute approximate surface area is 117 Å². The molecule has 0 N–H and O–H groups in total. The number of amides is 1. The third-order valence-corrected chi connectivity index (χ3v) is 4.32. The first-order chi connectivity index (χ1) is 9.08. The number of hydrogen-bond acceptors (Lipinski definition) is 4. The number of ketones is 1. The molecule has 0 saturated carbocycles. The lowest BCUT2D eigenvalue weighted by atomic mass is 10.1. The fourth-order valence-electron chi connectivity index (χ4n) is 2.19. The van der Waals surface area contributed by atoms with Gasteiger partial charge in [0.2, 0.25) is 0 Å². The molecule has 0 radical (unpaired) electrons. The highest BCUT2D eigenvalue weighted by molar-refractivity contribution is 7.12. The van der Waals surface area contributed by atoms with Gasteiger partial charge in [-0.15, -0.1) is 11.3 Å². The Kier molecular flexibility index (Phi) is 4.71. The van der Waals surface area contributed by atoms with E-state index in [-0.39, 0.29) is 17.8 Å². The standard InChI is InChI=1S/C14H19NO3S/c1-10(16)13-7-11(9-19-13)14(17)15(2)8-12-5-3-4-6-18-12/h7,9,12H,3-6,8H2,1-2H3/t12-/m0/s1. The number of carbonyl (C=O) groups excluding carboxylic acids is 2. The molecule has 0 bridgehead atoms. The second kappa shape index (κ2) is 6.30. The molecular weight excluding hydrogens is 262 g/mol. The molecule has 2 rings (SSSR count). The quantitative estimate of drug-likeness (QED) is 0.797. The molecular formula is C14H19NO3S. The van der Waals surface area contributed by atoms with Gasteiger partial charge in [0.25, 0.3) is 5.91 Å². The van der Waals surface area contributed by atoms with Crippen molar-refractivity contribution in [2.24, 2.45) is 0 Å². The van der Waals surface area contributed by atoms with Gasteiger partial charge in [-0.25, -0.2) is 0 Å². The summed E-state index contributed by atoms with van der Waals surface area (Å²) in [5, 5.41) is 1.75. The fraction of sp³-hybridized carbons (Fsp3) is 0.571. The number of likely N-dealkylation sites (N-methyl/N-ethyl adjacent to an activating group) is 1. The average Bonchev–Trinajstić information content (AvgIpc) is 2.88. The highest BCUT2D eigenvalue weighted by Crippen LogP contribution is 2.18. The van der Waals surface area contributed by atoms with Crippen LogP contribution >= 0.6 is 11.3 Å². The van der Waals surface area contributed by atoms with Crippen LogP contribution in [0.15, 0.2) is 11.4 Å². The predicted octanol–water partition coefficient (Wildman–Crippen LogP) is 2.59. The Bertz CT molecular complexity index is 463. The highest BCUT2D eigenvalue weighted by atomic mass is 32.1. The summed E-state index contributed by atoms with van der Waals surface area (Å²) in [5.41, 5.74) is 0.591. The Morgan fingerprint density at radius 1 is 1.47 bits per heavy atom. The zero-order valence-electron chi connectivity index (χ0n) is 11.3. The number of Topliss-reactive ketones (excluding diaryl/α,β-unsaturated/α-hetero) is 1. The van der Waals surface area contributed by atoms with E-state index in [1.807, 2.05) is 0 Å². The van der Waals surface area contributed by atoms with Crippen LogP contribution in [0.2, 0.25) is 0 Å². The summed E-state index contributed by atoms with van der Waals surface area (Å²) in [4.78, 5) is 25.8. The van der Waals surface area contributed by atoms with Crippen molar-refractivity contribution in [1.29, 1.82) is 0 Å². The van der Waals surface area contributed by atoms with Crippen LogP contribution in [0.25, 0.3) is 0 Å². The lowest BCUT2D eigenvalue weighted by Crippen LogP contribution is -2.36. The molecule has 5 heteroatoms. The van der Waals surface area contributed by atoms with Crippen LogP contribution in [0.1, 0.15) is 46.2 Å². The molecule has 1 saturated heterocycles. The Morgan fingerprint density at radius 3 is 2.84 bits per heavy atom. The first-order valence-electron chi connectivity index (χ1n) is 6.54. The molecule has 1 aliphatic heterocycles. The zero-order valence-corrected chi connectivity index (χ0v) is 12.2. The summed E-state index contributed by atoms with van der Waals surface area (Å²) in [7, 11) is 1.78. The number of carbonyl (C=O) groups is 2. The van der Waals surface area contributed by atoms with Gasteiger partial charge in [0.15, 0.2) is 5.78 Å². The van der Waals surface area contributed by atoms with Gasteiger partial charge >= 0.3 is 0 Å². The van der Waals surface area contributed by atoms with Crippen LogP contribution in [0.3, 0.4) is 0 Å². The number of rotatable bonds is 4. The Balaban J connectivity index is 1.95. The Morgan fingerprint density at radius 2 is 2.26 bits per heavy atom. The van der Waals surface area contributed by atoms with Crippen molar-refractivity contribution in [1.82, 2.24) is 4.90 Å². The lowest BCUT2D eigenvalue weighted by molar-refractivity contribution is -0.000178. The minimum Gasteiger partial charge on any atom is -0.376 e. The van der Waals surface area contributed by atoms with Crippen LogP contribution in [-0.4, -0.2) is 42.9 Å². The van der Waals surface area contributed by atoms with Crippen LogP contribution < -0.4 is 0 Å². The lowest BCUT2D eigenvalue weighted by Gasteiger charge is -2.27. The monoisotopic (exact) mass is 281 g/mol. The van der Waals surface area contributed by atoms with Crippen molar-refractivity contribution in [3.8, 4) is 0 Å². The summed E-state index contributed by atoms with van der Waals surface area (Å²) in [6.07, 6.45) is 3.44. The van der Waals surface area contributed by atoms with Crippen LogP contribution in [0.5, 0.6) is 0 Å². The van der Waals surface area contributed by atoms with Gasteiger partial charge in [-0.05, 0) is 32.3 Å². The highest BCUT2D eigenvalue weighted by Gasteiger charge is 2.20. The third kappa shape index (κ3) is 3.64. The first kappa shape index (κ1) is 14.2. The predicted molar refractivity (Wildman–Crippen MR) is 74.9 cm³/mol. The molecule has 0 aromatic carbocycles. The molecule has 4 nitrogen and oxygen atoms in total. The average molecular weight is 281 g/mol. The van der Waals surface area contributed by atoms with E-state index < -0.39 is 0 Å². The summed E-state index contributed by atoms with van der Waals surface area (Å²) in [6.45, 7) is 2.92. The molecule has 1 fully saturated rings. The third-order valence-electron chi connectivity index (χ3n) is 3.29. The second-order valence-electron chi connectivity index (χ2n) is 4.93. The molecule has 0 spiro atoms. The van der Waals surface area contributed by atoms with E-state index in [1.54, 1.807) is 23.4 Å². The minimum absolute atomic E-state index is 0.00215. The maximum atomic E-state index is 12.2. The zero-order chi connectivity index (χ0) is 13.8. The van der Waals surface area contributed by atoms with Crippen molar-refractivity contribution in [2.75, 3.05) is 20.2 Å². The van der Waals surface area contributed by atoms with E-state index in [4.69, 9.17) is 4.74 Å². The fourth-order valence-corrected chi connectivity index (χ4v) is 2.98. The number of ether oxygens (including phenoxy) is 1. The van der Waals surface area contributed by atoms with Gasteiger partial charge < -0.3 is 9.64 Å². The topological polar surface area (TPSA) is 46.6 Å². The van der Waals surface area contributed by atoms with E-state index in [0.717, 1.165) is 19.4 Å².